The lowest BCUT2D eigenvalue weighted by molar-refractivity contribution is 0.00100. The lowest BCUT2D eigenvalue weighted by atomic mass is 9.77. The predicted molar refractivity (Wildman–Crippen MR) is 60.4 cm³/mol. The van der Waals surface area contributed by atoms with Crippen LogP contribution < -0.4 is 0 Å². The van der Waals surface area contributed by atoms with Crippen molar-refractivity contribution in [3.8, 4) is 0 Å². The third kappa shape index (κ3) is 4.97. The van der Waals surface area contributed by atoms with Crippen LogP contribution >= 0.6 is 0 Å². The molecule has 0 radical (unpaired) electrons. The maximum Gasteiger partial charge on any atom is 0.0622 e. The highest BCUT2D eigenvalue weighted by molar-refractivity contribution is 4.77. The molecule has 0 aliphatic rings. The van der Waals surface area contributed by atoms with Gasteiger partial charge in [-0.15, -0.1) is 0 Å². The molecule has 1 atom stereocenters. The molecule has 1 unspecified atom stereocenters. The molecule has 0 amide bonds. The highest BCUT2D eigenvalue weighted by atomic mass is 16.5. The first-order chi connectivity index (χ1) is 6.23. The Morgan fingerprint density at radius 3 is 1.93 bits per heavy atom. The fourth-order valence-electron chi connectivity index (χ4n) is 1.42. The van der Waals surface area contributed by atoms with E-state index in [1.54, 1.807) is 7.11 Å². The Labute approximate surface area is 88.7 Å². The van der Waals surface area contributed by atoms with E-state index in [1.165, 1.54) is 0 Å². The molecule has 0 rings (SSSR count). The van der Waals surface area contributed by atoms with Gasteiger partial charge in [-0.1, -0.05) is 20.8 Å². The van der Waals surface area contributed by atoms with Gasteiger partial charge in [0.1, 0.15) is 0 Å². The fraction of sp³-hybridized carbons (Fsp3) is 1.00. The summed E-state index contributed by atoms with van der Waals surface area (Å²) in [4.78, 5) is 0. The van der Waals surface area contributed by atoms with Crippen molar-refractivity contribution in [1.29, 1.82) is 0 Å². The van der Waals surface area contributed by atoms with Gasteiger partial charge in [-0.3, -0.25) is 0 Å². The molecule has 2 nitrogen and oxygen atoms in total. The van der Waals surface area contributed by atoms with Crippen molar-refractivity contribution >= 4 is 0 Å². The molecule has 0 aliphatic heterocycles. The van der Waals surface area contributed by atoms with Crippen LogP contribution in [0.3, 0.4) is 0 Å². The highest BCUT2D eigenvalue weighted by Gasteiger charge is 2.26. The van der Waals surface area contributed by atoms with E-state index in [1.807, 2.05) is 0 Å². The van der Waals surface area contributed by atoms with Gasteiger partial charge < -0.3 is 9.84 Å². The lowest BCUT2D eigenvalue weighted by Gasteiger charge is -2.32. The zero-order valence-corrected chi connectivity index (χ0v) is 10.6. The average molecular weight is 202 g/mol. The SMILES string of the molecule is COC(C)(C)CCC(CO)C(C)(C)C. The molecule has 0 saturated heterocycles. The second-order valence-corrected chi connectivity index (χ2v) is 5.75. The van der Waals surface area contributed by atoms with Crippen molar-refractivity contribution < 1.29 is 9.84 Å². The van der Waals surface area contributed by atoms with Crippen molar-refractivity contribution in [2.24, 2.45) is 11.3 Å². The van der Waals surface area contributed by atoms with E-state index in [0.29, 0.717) is 5.92 Å². The summed E-state index contributed by atoms with van der Waals surface area (Å²) in [5.41, 5.74) is 0.108. The molecule has 2 heteroatoms. The molecule has 0 saturated carbocycles. The molecule has 0 aromatic heterocycles. The first-order valence-electron chi connectivity index (χ1n) is 5.39. The molecular formula is C12H26O2. The maximum atomic E-state index is 9.29. The van der Waals surface area contributed by atoms with Crippen LogP contribution in [0.2, 0.25) is 0 Å². The highest BCUT2D eigenvalue weighted by Crippen LogP contribution is 2.31. The van der Waals surface area contributed by atoms with Crippen LogP contribution in [0.25, 0.3) is 0 Å². The summed E-state index contributed by atoms with van der Waals surface area (Å²) < 4.78 is 5.36. The number of aliphatic hydroxyl groups is 1. The molecule has 0 bridgehead atoms. The Bertz CT molecular complexity index is 156. The third-order valence-electron chi connectivity index (χ3n) is 3.09. The second-order valence-electron chi connectivity index (χ2n) is 5.75. The Kier molecular flexibility index (Phi) is 5.10. The van der Waals surface area contributed by atoms with Crippen LogP contribution in [-0.4, -0.2) is 24.4 Å². The number of ether oxygens (including phenoxy) is 1. The minimum absolute atomic E-state index is 0.0708. The second kappa shape index (κ2) is 5.13. The van der Waals surface area contributed by atoms with E-state index in [9.17, 15) is 5.11 Å². The van der Waals surface area contributed by atoms with Gasteiger partial charge in [-0.05, 0) is 38.0 Å². The maximum absolute atomic E-state index is 9.29. The number of hydrogen-bond donors (Lipinski definition) is 1. The Morgan fingerprint density at radius 2 is 1.64 bits per heavy atom. The smallest absolute Gasteiger partial charge is 0.0622 e. The van der Waals surface area contributed by atoms with Gasteiger partial charge in [0.05, 0.1) is 5.60 Å². The molecule has 0 aromatic carbocycles. The minimum atomic E-state index is -0.0708. The van der Waals surface area contributed by atoms with Gasteiger partial charge >= 0.3 is 0 Å². The summed E-state index contributed by atoms with van der Waals surface area (Å²) in [7, 11) is 1.74. The molecule has 0 heterocycles. The summed E-state index contributed by atoms with van der Waals surface area (Å²) in [5, 5.41) is 9.29. The van der Waals surface area contributed by atoms with Crippen molar-refractivity contribution in [2.45, 2.75) is 53.1 Å². The first kappa shape index (κ1) is 13.9. The van der Waals surface area contributed by atoms with Crippen LogP contribution in [0.4, 0.5) is 0 Å². The van der Waals surface area contributed by atoms with Crippen LogP contribution in [0.1, 0.15) is 47.5 Å². The van der Waals surface area contributed by atoms with E-state index < -0.39 is 0 Å². The molecular weight excluding hydrogens is 176 g/mol. The zero-order valence-electron chi connectivity index (χ0n) is 10.6. The third-order valence-corrected chi connectivity index (χ3v) is 3.09. The van der Waals surface area contributed by atoms with Crippen LogP contribution in [0, 0.1) is 11.3 Å². The lowest BCUT2D eigenvalue weighted by Crippen LogP contribution is -2.29. The monoisotopic (exact) mass is 202 g/mol. The summed E-state index contributed by atoms with van der Waals surface area (Å²) in [6.07, 6.45) is 2.01. The Balaban J connectivity index is 4.10. The van der Waals surface area contributed by atoms with Crippen molar-refractivity contribution in [3.63, 3.8) is 0 Å². The normalized spacial score (nSPS) is 15.6. The summed E-state index contributed by atoms with van der Waals surface area (Å²) in [6, 6.07) is 0. The number of aliphatic hydroxyl groups excluding tert-OH is 1. The van der Waals surface area contributed by atoms with Crippen LogP contribution in [0.15, 0.2) is 0 Å². The van der Waals surface area contributed by atoms with Crippen LogP contribution in [0.5, 0.6) is 0 Å². The van der Waals surface area contributed by atoms with Crippen LogP contribution in [-0.2, 0) is 4.74 Å². The van der Waals surface area contributed by atoms with Crippen molar-refractivity contribution in [1.82, 2.24) is 0 Å². The molecule has 1 N–H and O–H groups in total. The van der Waals surface area contributed by atoms with Gasteiger partial charge in [0.25, 0.3) is 0 Å². The zero-order chi connectivity index (χ0) is 11.4. The Morgan fingerprint density at radius 1 is 1.14 bits per heavy atom. The van der Waals surface area contributed by atoms with Crippen molar-refractivity contribution in [2.75, 3.05) is 13.7 Å². The minimum Gasteiger partial charge on any atom is -0.396 e. The summed E-state index contributed by atoms with van der Waals surface area (Å²) >= 11 is 0. The quantitative estimate of drug-likeness (QED) is 0.743. The van der Waals surface area contributed by atoms with Gasteiger partial charge in [0.15, 0.2) is 0 Å². The van der Waals surface area contributed by atoms with Crippen molar-refractivity contribution in [3.05, 3.63) is 0 Å². The van der Waals surface area contributed by atoms with Gasteiger partial charge in [-0.25, -0.2) is 0 Å². The molecule has 0 aromatic rings. The number of rotatable bonds is 5. The van der Waals surface area contributed by atoms with E-state index in [2.05, 4.69) is 34.6 Å². The molecule has 86 valence electrons. The van der Waals surface area contributed by atoms with Gasteiger partial charge in [0.2, 0.25) is 0 Å². The fourth-order valence-corrected chi connectivity index (χ4v) is 1.42. The molecule has 14 heavy (non-hydrogen) atoms. The topological polar surface area (TPSA) is 29.5 Å². The average Bonchev–Trinajstić information content (AvgIpc) is 2.03. The molecule has 0 spiro atoms. The molecule has 0 aliphatic carbocycles. The summed E-state index contributed by atoms with van der Waals surface area (Å²) in [5.74, 6) is 0.358. The predicted octanol–water partition coefficient (Wildman–Crippen LogP) is 2.85. The van der Waals surface area contributed by atoms with Gasteiger partial charge in [-0.2, -0.15) is 0 Å². The van der Waals surface area contributed by atoms with E-state index in [0.717, 1.165) is 12.8 Å². The largest absolute Gasteiger partial charge is 0.396 e. The van der Waals surface area contributed by atoms with E-state index in [-0.39, 0.29) is 17.6 Å². The standard InChI is InChI=1S/C12H26O2/c1-11(2,3)10(9-13)7-8-12(4,5)14-6/h10,13H,7-9H2,1-6H3. The van der Waals surface area contributed by atoms with E-state index >= 15 is 0 Å². The Hall–Kier alpha value is -0.0800. The molecule has 0 fully saturated rings. The van der Waals surface area contributed by atoms with E-state index in [4.69, 9.17) is 4.74 Å². The van der Waals surface area contributed by atoms with Gasteiger partial charge in [0, 0.05) is 13.7 Å². The number of hydrogen-bond acceptors (Lipinski definition) is 2. The number of methoxy groups -OCH3 is 1. The first-order valence-corrected chi connectivity index (χ1v) is 5.39. The summed E-state index contributed by atoms with van der Waals surface area (Å²) in [6.45, 7) is 11.0.